The number of hydrogen-bond acceptors (Lipinski definition) is 5. The van der Waals surface area contributed by atoms with E-state index in [1.165, 1.54) is 0 Å². The highest BCUT2D eigenvalue weighted by Gasteiger charge is 2.34. The second-order valence-electron chi connectivity index (χ2n) is 7.09. The molecule has 0 saturated carbocycles. The molecule has 1 aromatic carbocycles. The molecule has 1 aliphatic rings. The summed E-state index contributed by atoms with van der Waals surface area (Å²) < 4.78 is 5.29. The number of benzene rings is 1. The van der Waals surface area contributed by atoms with Crippen molar-refractivity contribution in [3.63, 3.8) is 0 Å². The van der Waals surface area contributed by atoms with Gasteiger partial charge in [-0.3, -0.25) is 10.2 Å². The summed E-state index contributed by atoms with van der Waals surface area (Å²) >= 11 is 6.35. The zero-order valence-electron chi connectivity index (χ0n) is 15.8. The molecule has 4 N–H and O–H groups in total. The third-order valence-corrected chi connectivity index (χ3v) is 5.59. The van der Waals surface area contributed by atoms with E-state index in [4.69, 9.17) is 16.3 Å². The van der Waals surface area contributed by atoms with Crippen LogP contribution < -0.4 is 20.9 Å². The maximum atomic E-state index is 12.6. The number of hydrogen-bond donors (Lipinski definition) is 4. The predicted octanol–water partition coefficient (Wildman–Crippen LogP) is 3.33. The lowest BCUT2D eigenvalue weighted by Gasteiger charge is -2.15. The summed E-state index contributed by atoms with van der Waals surface area (Å²) in [6.07, 6.45) is 1.64. The van der Waals surface area contributed by atoms with E-state index >= 15 is 0 Å². The van der Waals surface area contributed by atoms with Crippen molar-refractivity contribution in [1.29, 1.82) is 0 Å². The number of anilines is 1. The summed E-state index contributed by atoms with van der Waals surface area (Å²) in [5.74, 6) is 0.822. The lowest BCUT2D eigenvalue weighted by Crippen LogP contribution is -2.41. The van der Waals surface area contributed by atoms with Gasteiger partial charge in [-0.2, -0.15) is 0 Å². The van der Waals surface area contributed by atoms with Crippen LogP contribution in [0.5, 0.6) is 5.75 Å². The Morgan fingerprint density at radius 2 is 2.04 bits per heavy atom. The third-order valence-electron chi connectivity index (χ3n) is 5.26. The van der Waals surface area contributed by atoms with Crippen LogP contribution in [0.1, 0.15) is 13.8 Å². The van der Waals surface area contributed by atoms with Gasteiger partial charge in [-0.15, -0.1) is 0 Å². The smallest absolute Gasteiger partial charge is 0.243 e. The summed E-state index contributed by atoms with van der Waals surface area (Å²) in [6.45, 7) is 4.09. The largest absolute Gasteiger partial charge is 0.497 e. The average Bonchev–Trinajstić information content (AvgIpc) is 3.25. The maximum absolute atomic E-state index is 12.6. The summed E-state index contributed by atoms with van der Waals surface area (Å²) in [5.41, 5.74) is 9.16. The van der Waals surface area contributed by atoms with Crippen molar-refractivity contribution in [3.8, 4) is 17.0 Å². The minimum atomic E-state index is -0.289. The second-order valence-corrected chi connectivity index (χ2v) is 7.50. The van der Waals surface area contributed by atoms with Gasteiger partial charge in [0.1, 0.15) is 17.4 Å². The number of fused-ring (bicyclic) bond motifs is 1. The highest BCUT2D eigenvalue weighted by atomic mass is 35.5. The molecule has 7 nitrogen and oxygen atoms in total. The van der Waals surface area contributed by atoms with Crippen molar-refractivity contribution in [3.05, 3.63) is 41.6 Å². The van der Waals surface area contributed by atoms with Crippen LogP contribution in [-0.2, 0) is 4.79 Å². The van der Waals surface area contributed by atoms with Gasteiger partial charge in [0.05, 0.1) is 24.0 Å². The molecule has 3 unspecified atom stereocenters. The van der Waals surface area contributed by atoms with E-state index in [1.54, 1.807) is 19.4 Å². The van der Waals surface area contributed by atoms with E-state index in [1.807, 2.05) is 38.1 Å². The molecule has 3 aromatic rings. The van der Waals surface area contributed by atoms with Gasteiger partial charge in [0.15, 0.2) is 0 Å². The lowest BCUT2D eigenvalue weighted by atomic mass is 9.97. The first kappa shape index (κ1) is 18.7. The number of aromatic amines is 1. The number of carbonyl (C=O) groups excluding carboxylic acids is 1. The van der Waals surface area contributed by atoms with Crippen molar-refractivity contribution < 1.29 is 9.53 Å². The van der Waals surface area contributed by atoms with Crippen LogP contribution in [0.25, 0.3) is 22.3 Å². The fourth-order valence-electron chi connectivity index (χ4n) is 3.36. The molecule has 1 amide bonds. The van der Waals surface area contributed by atoms with E-state index < -0.39 is 0 Å². The van der Waals surface area contributed by atoms with E-state index in [0.29, 0.717) is 10.7 Å². The Balaban J connectivity index is 1.59. The number of nitrogens with zero attached hydrogens (tertiary/aromatic N) is 1. The number of H-pyrrole nitrogens is 1. The SMILES string of the molecule is COc1ccc(Cl)c(-c2cc3cc(NC(=O)C4NNC(C)C4C)cnc3[nH]2)c1. The first-order chi connectivity index (χ1) is 13.5. The predicted molar refractivity (Wildman–Crippen MR) is 110 cm³/mol. The molecule has 28 heavy (non-hydrogen) atoms. The number of hydrazine groups is 1. The first-order valence-electron chi connectivity index (χ1n) is 9.11. The van der Waals surface area contributed by atoms with Gasteiger partial charge < -0.3 is 15.0 Å². The summed E-state index contributed by atoms with van der Waals surface area (Å²) in [5, 5.41) is 4.44. The molecule has 3 heterocycles. The molecule has 0 bridgehead atoms. The van der Waals surface area contributed by atoms with Gasteiger partial charge in [0.2, 0.25) is 5.91 Å². The Kier molecular flexibility index (Phi) is 4.97. The van der Waals surface area contributed by atoms with E-state index in [2.05, 4.69) is 26.1 Å². The lowest BCUT2D eigenvalue weighted by molar-refractivity contribution is -0.118. The van der Waals surface area contributed by atoms with Crippen LogP contribution in [0.15, 0.2) is 36.5 Å². The number of methoxy groups -OCH3 is 1. The number of amides is 1. The number of carbonyl (C=O) groups is 1. The van der Waals surface area contributed by atoms with Crippen LogP contribution in [-0.4, -0.2) is 35.1 Å². The fourth-order valence-corrected chi connectivity index (χ4v) is 3.58. The number of ether oxygens (including phenoxy) is 1. The molecular weight excluding hydrogens is 378 g/mol. The number of halogens is 1. The Hall–Kier alpha value is -2.61. The normalized spacial score (nSPS) is 21.8. The second kappa shape index (κ2) is 7.43. The van der Waals surface area contributed by atoms with E-state index in [-0.39, 0.29) is 23.9 Å². The molecular formula is C20H22ClN5O2. The van der Waals surface area contributed by atoms with Crippen molar-refractivity contribution in [2.45, 2.75) is 25.9 Å². The van der Waals surface area contributed by atoms with Gasteiger partial charge in [-0.1, -0.05) is 18.5 Å². The Labute approximate surface area is 167 Å². The summed E-state index contributed by atoms with van der Waals surface area (Å²) in [6, 6.07) is 9.28. The molecule has 2 aromatic heterocycles. The molecule has 1 fully saturated rings. The molecule has 3 atom stereocenters. The van der Waals surface area contributed by atoms with E-state index in [0.717, 1.165) is 28.0 Å². The summed E-state index contributed by atoms with van der Waals surface area (Å²) in [7, 11) is 1.62. The molecule has 1 aliphatic heterocycles. The maximum Gasteiger partial charge on any atom is 0.243 e. The van der Waals surface area contributed by atoms with Crippen molar-refractivity contribution in [2.24, 2.45) is 5.92 Å². The van der Waals surface area contributed by atoms with Gasteiger partial charge >= 0.3 is 0 Å². The average molecular weight is 400 g/mol. The molecule has 4 rings (SSSR count). The zero-order chi connectivity index (χ0) is 19.8. The monoisotopic (exact) mass is 399 g/mol. The van der Waals surface area contributed by atoms with Crippen LogP contribution in [0.4, 0.5) is 5.69 Å². The van der Waals surface area contributed by atoms with Crippen molar-refractivity contribution in [2.75, 3.05) is 12.4 Å². The molecule has 0 aliphatic carbocycles. The van der Waals surface area contributed by atoms with Crippen molar-refractivity contribution in [1.82, 2.24) is 20.8 Å². The summed E-state index contributed by atoms with van der Waals surface area (Å²) in [4.78, 5) is 20.3. The van der Waals surface area contributed by atoms with Gasteiger partial charge in [-0.25, -0.2) is 10.4 Å². The van der Waals surface area contributed by atoms with Gasteiger partial charge in [-0.05, 0) is 43.2 Å². The topological polar surface area (TPSA) is 91.1 Å². The minimum absolute atomic E-state index is 0.0860. The van der Waals surface area contributed by atoms with Crippen LogP contribution in [0.3, 0.4) is 0 Å². The first-order valence-corrected chi connectivity index (χ1v) is 9.48. The minimum Gasteiger partial charge on any atom is -0.497 e. The quantitative estimate of drug-likeness (QED) is 0.540. The van der Waals surface area contributed by atoms with Crippen LogP contribution in [0, 0.1) is 5.92 Å². The van der Waals surface area contributed by atoms with Gasteiger partial charge in [0, 0.05) is 22.7 Å². The van der Waals surface area contributed by atoms with Gasteiger partial charge in [0.25, 0.3) is 0 Å². The Morgan fingerprint density at radius 1 is 1.21 bits per heavy atom. The zero-order valence-corrected chi connectivity index (χ0v) is 16.6. The van der Waals surface area contributed by atoms with E-state index in [9.17, 15) is 4.79 Å². The van der Waals surface area contributed by atoms with Crippen LogP contribution in [0.2, 0.25) is 5.02 Å². The molecule has 0 radical (unpaired) electrons. The Bertz CT molecular complexity index is 1030. The standard InChI is InChI=1S/C20H22ClN5O2/c1-10-11(2)25-26-18(10)20(27)23-13-6-12-7-17(24-19(12)22-9-13)15-8-14(28-3)4-5-16(15)21/h4-11,18,25-26H,1-3H3,(H,22,24)(H,23,27). The Morgan fingerprint density at radius 3 is 2.75 bits per heavy atom. The van der Waals surface area contributed by atoms with Crippen molar-refractivity contribution >= 4 is 34.2 Å². The number of nitrogens with one attached hydrogen (secondary N) is 4. The number of pyridine rings is 1. The highest BCUT2D eigenvalue weighted by Crippen LogP contribution is 2.33. The number of rotatable bonds is 4. The fraction of sp³-hybridized carbons (Fsp3) is 0.300. The van der Waals surface area contributed by atoms with Crippen LogP contribution >= 0.6 is 11.6 Å². The molecule has 8 heteroatoms. The molecule has 146 valence electrons. The molecule has 1 saturated heterocycles. The molecule has 0 spiro atoms. The third kappa shape index (κ3) is 3.44. The highest BCUT2D eigenvalue weighted by molar-refractivity contribution is 6.33. The number of aromatic nitrogens is 2.